The molecule has 0 saturated carbocycles. The van der Waals surface area contributed by atoms with E-state index in [1.165, 1.54) is 0 Å². The Morgan fingerprint density at radius 1 is 1.11 bits per heavy atom. The van der Waals surface area contributed by atoms with Crippen molar-refractivity contribution in [2.45, 2.75) is 12.8 Å². The Hall–Kier alpha value is -2.81. The highest BCUT2D eigenvalue weighted by atomic mass is 16.5. The topological polar surface area (TPSA) is 103 Å². The number of rotatable bonds is 4. The number of fused-ring (bicyclic) bond motifs is 1. The van der Waals surface area contributed by atoms with Crippen LogP contribution in [0.15, 0.2) is 12.1 Å². The van der Waals surface area contributed by atoms with Crippen molar-refractivity contribution in [3.05, 3.63) is 18.2 Å². The van der Waals surface area contributed by atoms with Gasteiger partial charge in [-0.2, -0.15) is 4.98 Å². The maximum atomic E-state index is 12.5. The molecule has 9 nitrogen and oxygen atoms in total. The molecule has 28 heavy (non-hydrogen) atoms. The van der Waals surface area contributed by atoms with Crippen LogP contribution in [0.25, 0.3) is 10.9 Å². The number of benzene rings is 1. The highest BCUT2D eigenvalue weighted by Crippen LogP contribution is 2.34. The molecule has 0 spiro atoms. The lowest BCUT2D eigenvalue weighted by Crippen LogP contribution is -2.50. The van der Waals surface area contributed by atoms with Crippen molar-refractivity contribution >= 4 is 28.6 Å². The zero-order valence-electron chi connectivity index (χ0n) is 16.1. The number of methoxy groups -OCH3 is 2. The van der Waals surface area contributed by atoms with Gasteiger partial charge in [-0.3, -0.25) is 4.79 Å². The van der Waals surface area contributed by atoms with Crippen LogP contribution in [0.2, 0.25) is 0 Å². The number of amides is 1. The first-order chi connectivity index (χ1) is 13.6. The van der Waals surface area contributed by atoms with Gasteiger partial charge in [0.15, 0.2) is 17.6 Å². The lowest BCUT2D eigenvalue weighted by molar-refractivity contribution is -0.134. The lowest BCUT2D eigenvalue weighted by Gasteiger charge is -2.35. The Labute approximate surface area is 163 Å². The maximum Gasteiger partial charge on any atom is 0.258 e. The first-order valence-corrected chi connectivity index (χ1v) is 9.33. The number of carbonyl (C=O) groups is 1. The Bertz CT molecular complexity index is 876. The predicted octanol–water partition coefficient (Wildman–Crippen LogP) is 1.22. The molecular weight excluding hydrogens is 362 g/mol. The lowest BCUT2D eigenvalue weighted by atomic mass is 10.2. The molecule has 1 radical (unpaired) electrons. The maximum absolute atomic E-state index is 12.5. The third-order valence-corrected chi connectivity index (χ3v) is 5.13. The molecule has 9 heteroatoms. The average Bonchev–Trinajstić information content (AvgIpc) is 3.27. The fraction of sp³-hybridized carbons (Fsp3) is 0.474. The molecule has 1 amide bonds. The molecule has 2 aromatic rings. The molecule has 3 heterocycles. The molecule has 2 fully saturated rings. The molecule has 2 saturated heterocycles. The summed E-state index contributed by atoms with van der Waals surface area (Å²) in [5.74, 6) is 2.11. The zero-order chi connectivity index (χ0) is 19.7. The highest BCUT2D eigenvalue weighted by Gasteiger charge is 2.32. The third kappa shape index (κ3) is 3.37. The van der Waals surface area contributed by atoms with Crippen LogP contribution in [0.3, 0.4) is 0 Å². The molecule has 1 aromatic heterocycles. The van der Waals surface area contributed by atoms with Gasteiger partial charge in [0.25, 0.3) is 5.91 Å². The van der Waals surface area contributed by atoms with Gasteiger partial charge in [0.1, 0.15) is 5.82 Å². The smallest absolute Gasteiger partial charge is 0.258 e. The van der Waals surface area contributed by atoms with Gasteiger partial charge >= 0.3 is 0 Å². The first kappa shape index (κ1) is 18.5. The van der Waals surface area contributed by atoms with E-state index >= 15 is 0 Å². The summed E-state index contributed by atoms with van der Waals surface area (Å²) in [6.45, 7) is 3.10. The van der Waals surface area contributed by atoms with Crippen molar-refractivity contribution in [2.24, 2.45) is 0 Å². The van der Waals surface area contributed by atoms with Crippen LogP contribution in [0.5, 0.6) is 11.5 Å². The van der Waals surface area contributed by atoms with Crippen molar-refractivity contribution < 1.29 is 19.0 Å². The number of carbonyl (C=O) groups excluding carboxylic acids is 1. The Kier molecular flexibility index (Phi) is 5.08. The van der Waals surface area contributed by atoms with E-state index in [-0.39, 0.29) is 5.91 Å². The van der Waals surface area contributed by atoms with Crippen LogP contribution in [-0.2, 0) is 9.53 Å². The summed E-state index contributed by atoms with van der Waals surface area (Å²) in [7, 11) is 3.15. The predicted molar refractivity (Wildman–Crippen MR) is 104 cm³/mol. The van der Waals surface area contributed by atoms with E-state index in [9.17, 15) is 4.79 Å². The SMILES string of the molecule is COc1cc2nc(N3CCN(C(=O)[C]4CCCO4)CC3)nc(N)c2cc1OC. The normalized spacial score (nSPS) is 17.9. The number of nitrogen functional groups attached to an aromatic ring is 1. The van der Waals surface area contributed by atoms with Gasteiger partial charge in [-0.15, -0.1) is 0 Å². The molecule has 4 rings (SSSR count). The molecule has 2 N–H and O–H groups in total. The number of hydrogen-bond acceptors (Lipinski definition) is 8. The number of aromatic nitrogens is 2. The second kappa shape index (κ2) is 7.67. The van der Waals surface area contributed by atoms with Crippen molar-refractivity contribution in [3.63, 3.8) is 0 Å². The molecule has 0 atom stereocenters. The Morgan fingerprint density at radius 3 is 2.46 bits per heavy atom. The van der Waals surface area contributed by atoms with E-state index in [1.807, 2.05) is 9.80 Å². The molecule has 0 bridgehead atoms. The van der Waals surface area contributed by atoms with E-state index in [0.717, 1.165) is 12.8 Å². The van der Waals surface area contributed by atoms with Crippen LogP contribution in [0.1, 0.15) is 12.8 Å². The minimum absolute atomic E-state index is 0.00734. The minimum atomic E-state index is 0.00734. The number of piperazine rings is 1. The van der Waals surface area contributed by atoms with Gasteiger partial charge in [0, 0.05) is 44.2 Å². The van der Waals surface area contributed by atoms with Gasteiger partial charge in [-0.05, 0) is 18.9 Å². The molecule has 2 aliphatic rings. The number of hydrogen-bond donors (Lipinski definition) is 1. The van der Waals surface area contributed by atoms with Gasteiger partial charge in [-0.25, -0.2) is 4.98 Å². The summed E-state index contributed by atoms with van der Waals surface area (Å²) in [5, 5.41) is 0.713. The second-order valence-electron chi connectivity index (χ2n) is 6.79. The van der Waals surface area contributed by atoms with E-state index in [2.05, 4.69) is 9.97 Å². The van der Waals surface area contributed by atoms with Gasteiger partial charge in [0.05, 0.1) is 19.7 Å². The average molecular weight is 386 g/mol. The molecule has 0 aliphatic carbocycles. The van der Waals surface area contributed by atoms with Crippen LogP contribution in [0, 0.1) is 6.10 Å². The van der Waals surface area contributed by atoms with Crippen LogP contribution in [-0.4, -0.2) is 67.8 Å². The minimum Gasteiger partial charge on any atom is -0.493 e. The second-order valence-corrected chi connectivity index (χ2v) is 6.79. The van der Waals surface area contributed by atoms with Crippen LogP contribution < -0.4 is 20.1 Å². The third-order valence-electron chi connectivity index (χ3n) is 5.13. The highest BCUT2D eigenvalue weighted by molar-refractivity contribution is 5.92. The number of nitrogens with zero attached hydrogens (tertiary/aromatic N) is 4. The van der Waals surface area contributed by atoms with E-state index < -0.39 is 0 Å². The quantitative estimate of drug-likeness (QED) is 0.837. The fourth-order valence-electron chi connectivity index (χ4n) is 3.56. The number of anilines is 2. The van der Waals surface area contributed by atoms with E-state index in [0.29, 0.717) is 73.1 Å². The number of nitrogens with two attached hydrogens (primary N) is 1. The monoisotopic (exact) mass is 386 g/mol. The molecule has 149 valence electrons. The molecular formula is C19H24N5O4. The zero-order valence-corrected chi connectivity index (χ0v) is 16.1. The largest absolute Gasteiger partial charge is 0.493 e. The van der Waals surface area contributed by atoms with E-state index in [1.54, 1.807) is 26.4 Å². The summed E-state index contributed by atoms with van der Waals surface area (Å²) >= 11 is 0. The van der Waals surface area contributed by atoms with Gasteiger partial charge < -0.3 is 29.7 Å². The fourth-order valence-corrected chi connectivity index (χ4v) is 3.56. The summed E-state index contributed by atoms with van der Waals surface area (Å²) < 4.78 is 16.1. The van der Waals surface area contributed by atoms with Crippen LogP contribution >= 0.6 is 0 Å². The van der Waals surface area contributed by atoms with Crippen molar-refractivity contribution in [1.82, 2.24) is 14.9 Å². The first-order valence-electron chi connectivity index (χ1n) is 9.33. The van der Waals surface area contributed by atoms with Gasteiger partial charge in [-0.1, -0.05) is 0 Å². The summed E-state index contributed by atoms with van der Waals surface area (Å²) in [6, 6.07) is 3.58. The summed E-state index contributed by atoms with van der Waals surface area (Å²) in [5.41, 5.74) is 6.87. The van der Waals surface area contributed by atoms with E-state index in [4.69, 9.17) is 19.9 Å². The molecule has 2 aliphatic heterocycles. The Balaban J connectivity index is 1.52. The van der Waals surface area contributed by atoms with Crippen molar-refractivity contribution in [1.29, 1.82) is 0 Å². The molecule has 1 aromatic carbocycles. The van der Waals surface area contributed by atoms with Crippen molar-refractivity contribution in [2.75, 3.05) is 57.6 Å². The number of ether oxygens (including phenoxy) is 3. The Morgan fingerprint density at radius 2 is 1.82 bits per heavy atom. The molecule has 0 unspecified atom stereocenters. The standard InChI is InChI=1S/C19H24N5O4/c1-26-15-10-12-13(11-16(15)27-2)21-19(22-17(12)20)24-7-5-23(6-8-24)18(25)14-4-3-9-28-14/h10-11H,3-9H2,1-2H3,(H2,20,21,22). The summed E-state index contributed by atoms with van der Waals surface area (Å²) in [6.07, 6.45) is 2.23. The summed E-state index contributed by atoms with van der Waals surface area (Å²) in [4.78, 5) is 25.5. The van der Waals surface area contributed by atoms with Crippen molar-refractivity contribution in [3.8, 4) is 11.5 Å². The van der Waals surface area contributed by atoms with Gasteiger partial charge in [0.2, 0.25) is 5.95 Å². The van der Waals surface area contributed by atoms with Crippen LogP contribution in [0.4, 0.5) is 11.8 Å².